The number of unbranched alkanes of at least 4 members (excludes halogenated alkanes) is 1. The summed E-state index contributed by atoms with van der Waals surface area (Å²) in [4.78, 5) is 21.9. The van der Waals surface area contributed by atoms with Gasteiger partial charge in [0.15, 0.2) is 0 Å². The molecule has 2 N–H and O–H groups in total. The summed E-state index contributed by atoms with van der Waals surface area (Å²) in [6, 6.07) is 4.35. The van der Waals surface area contributed by atoms with Crippen LogP contribution in [0.4, 0.5) is 0 Å². The molecule has 0 radical (unpaired) electrons. The van der Waals surface area contributed by atoms with Crippen LogP contribution in [0.2, 0.25) is 0 Å². The second-order valence-corrected chi connectivity index (χ2v) is 3.55. The average molecular weight is 222 g/mol. The van der Waals surface area contributed by atoms with Gasteiger partial charge in [0.25, 0.3) is 0 Å². The zero-order chi connectivity index (χ0) is 12.1. The van der Waals surface area contributed by atoms with Crippen LogP contribution in [0.3, 0.4) is 0 Å². The van der Waals surface area contributed by atoms with Gasteiger partial charge in [-0.3, -0.25) is 0 Å². The van der Waals surface area contributed by atoms with Crippen molar-refractivity contribution in [2.24, 2.45) is 0 Å². The van der Waals surface area contributed by atoms with E-state index in [0.717, 1.165) is 12.8 Å². The minimum absolute atomic E-state index is 0.0911. The molecule has 0 fully saturated rings. The highest BCUT2D eigenvalue weighted by molar-refractivity contribution is 5.96. The molecule has 0 spiro atoms. The first-order valence-electron chi connectivity index (χ1n) is 5.16. The quantitative estimate of drug-likeness (QED) is 0.802. The Bertz CT molecular complexity index is 377. The van der Waals surface area contributed by atoms with Crippen LogP contribution >= 0.6 is 0 Å². The second-order valence-electron chi connectivity index (χ2n) is 3.55. The minimum Gasteiger partial charge on any atom is -0.478 e. The largest absolute Gasteiger partial charge is 0.478 e. The third-order valence-electron chi connectivity index (χ3n) is 2.42. The fraction of sp³-hybridized carbons (Fsp3) is 0.333. The lowest BCUT2D eigenvalue weighted by Gasteiger charge is -2.08. The third kappa shape index (κ3) is 2.59. The van der Waals surface area contributed by atoms with Gasteiger partial charge in [0.1, 0.15) is 0 Å². The van der Waals surface area contributed by atoms with Crippen LogP contribution in [0, 0.1) is 0 Å². The van der Waals surface area contributed by atoms with Gasteiger partial charge in [0.05, 0.1) is 11.1 Å². The topological polar surface area (TPSA) is 74.6 Å². The molecule has 0 saturated carbocycles. The molecule has 86 valence electrons. The molecule has 0 amide bonds. The van der Waals surface area contributed by atoms with Gasteiger partial charge >= 0.3 is 11.9 Å². The first-order chi connectivity index (χ1) is 7.57. The van der Waals surface area contributed by atoms with Crippen LogP contribution in [0.5, 0.6) is 0 Å². The van der Waals surface area contributed by atoms with Crippen LogP contribution in [0.15, 0.2) is 18.2 Å². The Hall–Kier alpha value is -1.84. The summed E-state index contributed by atoms with van der Waals surface area (Å²) in [7, 11) is 0. The van der Waals surface area contributed by atoms with Crippen LogP contribution in [-0.4, -0.2) is 22.2 Å². The summed E-state index contributed by atoms with van der Waals surface area (Å²) in [6.07, 6.45) is 2.16. The predicted molar refractivity (Wildman–Crippen MR) is 59.0 cm³/mol. The zero-order valence-corrected chi connectivity index (χ0v) is 9.06. The molecule has 0 aromatic heterocycles. The van der Waals surface area contributed by atoms with E-state index < -0.39 is 11.9 Å². The highest BCUT2D eigenvalue weighted by Gasteiger charge is 2.17. The maximum atomic E-state index is 11.0. The van der Waals surface area contributed by atoms with Crippen molar-refractivity contribution in [2.45, 2.75) is 26.2 Å². The SMILES string of the molecule is CCCCc1c(C(=O)O)cccc1C(=O)O. The Morgan fingerprint density at radius 3 is 2.00 bits per heavy atom. The molecule has 1 rings (SSSR count). The number of hydrogen-bond donors (Lipinski definition) is 2. The Morgan fingerprint density at radius 1 is 1.12 bits per heavy atom. The molecule has 1 aromatic carbocycles. The maximum absolute atomic E-state index is 11.0. The number of carboxylic acids is 2. The summed E-state index contributed by atoms with van der Waals surface area (Å²) in [5, 5.41) is 18.0. The molecule has 0 heterocycles. The van der Waals surface area contributed by atoms with E-state index in [2.05, 4.69) is 0 Å². The lowest BCUT2D eigenvalue weighted by molar-refractivity contribution is 0.0695. The highest BCUT2D eigenvalue weighted by atomic mass is 16.4. The number of carboxylic acid groups (broad SMARTS) is 2. The van der Waals surface area contributed by atoms with E-state index in [1.807, 2.05) is 6.92 Å². The van der Waals surface area contributed by atoms with Gasteiger partial charge in [-0.1, -0.05) is 19.4 Å². The van der Waals surface area contributed by atoms with Crippen molar-refractivity contribution < 1.29 is 19.8 Å². The average Bonchev–Trinajstić information content (AvgIpc) is 2.25. The fourth-order valence-electron chi connectivity index (χ4n) is 1.61. The van der Waals surface area contributed by atoms with Crippen molar-refractivity contribution in [2.75, 3.05) is 0 Å². The summed E-state index contributed by atoms with van der Waals surface area (Å²) in [5.41, 5.74) is 0.603. The molecule has 0 aliphatic rings. The molecular formula is C12H14O4. The molecule has 1 aromatic rings. The molecule has 16 heavy (non-hydrogen) atoms. The Labute approximate surface area is 93.5 Å². The molecule has 0 bridgehead atoms. The Balaban J connectivity index is 3.23. The van der Waals surface area contributed by atoms with E-state index in [1.165, 1.54) is 18.2 Å². The molecule has 4 nitrogen and oxygen atoms in total. The molecule has 0 aliphatic carbocycles. The molecule has 0 aliphatic heterocycles. The smallest absolute Gasteiger partial charge is 0.335 e. The predicted octanol–water partition coefficient (Wildman–Crippen LogP) is 2.43. The van der Waals surface area contributed by atoms with E-state index in [0.29, 0.717) is 12.0 Å². The molecule has 0 atom stereocenters. The van der Waals surface area contributed by atoms with Gasteiger partial charge in [-0.15, -0.1) is 0 Å². The van der Waals surface area contributed by atoms with E-state index in [4.69, 9.17) is 10.2 Å². The van der Waals surface area contributed by atoms with Crippen LogP contribution in [0.1, 0.15) is 46.0 Å². The first kappa shape index (κ1) is 12.2. The van der Waals surface area contributed by atoms with Crippen molar-refractivity contribution in [1.29, 1.82) is 0 Å². The van der Waals surface area contributed by atoms with Gasteiger partial charge in [-0.2, -0.15) is 0 Å². The lowest BCUT2D eigenvalue weighted by atomic mass is 9.96. The van der Waals surface area contributed by atoms with Crippen molar-refractivity contribution in [3.05, 3.63) is 34.9 Å². The lowest BCUT2D eigenvalue weighted by Crippen LogP contribution is -2.09. The monoisotopic (exact) mass is 222 g/mol. The molecule has 0 saturated heterocycles. The van der Waals surface area contributed by atoms with E-state index in [-0.39, 0.29) is 11.1 Å². The van der Waals surface area contributed by atoms with Crippen LogP contribution < -0.4 is 0 Å². The first-order valence-corrected chi connectivity index (χ1v) is 5.16. The number of benzene rings is 1. The third-order valence-corrected chi connectivity index (χ3v) is 2.42. The van der Waals surface area contributed by atoms with E-state index >= 15 is 0 Å². The van der Waals surface area contributed by atoms with Crippen molar-refractivity contribution >= 4 is 11.9 Å². The van der Waals surface area contributed by atoms with Crippen molar-refractivity contribution in [3.8, 4) is 0 Å². The van der Waals surface area contributed by atoms with Gasteiger partial charge < -0.3 is 10.2 Å². The van der Waals surface area contributed by atoms with Gasteiger partial charge in [0, 0.05) is 0 Å². The number of carbonyl (C=O) groups is 2. The van der Waals surface area contributed by atoms with Gasteiger partial charge in [-0.05, 0) is 30.5 Å². The summed E-state index contributed by atoms with van der Waals surface area (Å²) >= 11 is 0. The summed E-state index contributed by atoms with van der Waals surface area (Å²) in [6.45, 7) is 1.98. The van der Waals surface area contributed by atoms with Crippen molar-refractivity contribution in [1.82, 2.24) is 0 Å². The van der Waals surface area contributed by atoms with Crippen LogP contribution in [-0.2, 0) is 6.42 Å². The number of rotatable bonds is 5. The maximum Gasteiger partial charge on any atom is 0.335 e. The number of aromatic carboxylic acids is 2. The molecule has 0 unspecified atom stereocenters. The van der Waals surface area contributed by atoms with Crippen LogP contribution in [0.25, 0.3) is 0 Å². The van der Waals surface area contributed by atoms with E-state index in [1.54, 1.807) is 0 Å². The zero-order valence-electron chi connectivity index (χ0n) is 9.06. The highest BCUT2D eigenvalue weighted by Crippen LogP contribution is 2.18. The summed E-state index contributed by atoms with van der Waals surface area (Å²) < 4.78 is 0. The van der Waals surface area contributed by atoms with Gasteiger partial charge in [-0.25, -0.2) is 9.59 Å². The fourth-order valence-corrected chi connectivity index (χ4v) is 1.61. The van der Waals surface area contributed by atoms with E-state index in [9.17, 15) is 9.59 Å². The summed E-state index contributed by atoms with van der Waals surface area (Å²) in [5.74, 6) is -2.15. The Morgan fingerprint density at radius 2 is 1.62 bits per heavy atom. The van der Waals surface area contributed by atoms with Gasteiger partial charge in [0.2, 0.25) is 0 Å². The minimum atomic E-state index is -1.07. The number of hydrogen-bond acceptors (Lipinski definition) is 2. The standard InChI is InChI=1S/C12H14O4/c1-2-3-5-8-9(11(13)14)6-4-7-10(8)12(15)16/h4,6-7H,2-3,5H2,1H3,(H,13,14)(H,15,16). The van der Waals surface area contributed by atoms with Crippen molar-refractivity contribution in [3.63, 3.8) is 0 Å². The Kier molecular flexibility index (Phi) is 4.05. The molecule has 4 heteroatoms. The normalized spacial score (nSPS) is 10.1. The molecular weight excluding hydrogens is 208 g/mol. The second kappa shape index (κ2) is 5.30.